The molecule has 0 bridgehead atoms. The van der Waals surface area contributed by atoms with E-state index in [4.69, 9.17) is 4.42 Å². The molecule has 0 spiro atoms. The zero-order chi connectivity index (χ0) is 21.0. The fourth-order valence-corrected chi connectivity index (χ4v) is 3.98. The number of piperazine rings is 1. The number of nitrogens with zero attached hydrogens (tertiary/aromatic N) is 5. The van der Waals surface area contributed by atoms with E-state index < -0.39 is 6.04 Å². The van der Waals surface area contributed by atoms with Gasteiger partial charge in [0.25, 0.3) is 0 Å². The van der Waals surface area contributed by atoms with Crippen LogP contribution in [0, 0.1) is 5.82 Å². The van der Waals surface area contributed by atoms with Crippen LogP contribution in [0.2, 0.25) is 0 Å². The lowest BCUT2D eigenvalue weighted by atomic mass is 10.0. The summed E-state index contributed by atoms with van der Waals surface area (Å²) in [6, 6.07) is 21.9. The molecule has 0 N–H and O–H groups in total. The first-order valence-electron chi connectivity index (χ1n) is 10.3. The molecule has 0 aliphatic carbocycles. The van der Waals surface area contributed by atoms with E-state index in [1.807, 2.05) is 54.6 Å². The maximum Gasteiger partial charge on any atom is 0.247 e. The van der Waals surface area contributed by atoms with E-state index in [0.29, 0.717) is 17.3 Å². The Kier molecular flexibility index (Phi) is 5.41. The van der Waals surface area contributed by atoms with Crippen molar-refractivity contribution in [1.82, 2.24) is 20.1 Å². The van der Waals surface area contributed by atoms with Gasteiger partial charge in [-0.3, -0.25) is 4.90 Å². The molecule has 5 rings (SSSR count). The quantitative estimate of drug-likeness (QED) is 0.487. The first-order valence-corrected chi connectivity index (χ1v) is 10.3. The Bertz CT molecular complexity index is 1130. The molecule has 0 radical (unpaired) electrons. The van der Waals surface area contributed by atoms with Gasteiger partial charge in [-0.25, -0.2) is 9.37 Å². The standard InChI is InChI=1S/C24H22FN5O/c25-20-11-5-4-10-19(20)22(24-28-27-23(31-24)18-8-2-1-3-9-18)30-16-14-29(15-17-30)21-12-6-7-13-26-21/h1-13,22H,14-17H2/t22-/m0/s1. The fraction of sp³-hybridized carbons (Fsp3) is 0.208. The average Bonchev–Trinajstić information content (AvgIpc) is 3.32. The number of anilines is 1. The van der Waals surface area contributed by atoms with E-state index in [1.165, 1.54) is 6.07 Å². The molecule has 3 heterocycles. The van der Waals surface area contributed by atoms with Gasteiger partial charge in [-0.2, -0.15) is 0 Å². The van der Waals surface area contributed by atoms with Crippen LogP contribution in [0.3, 0.4) is 0 Å². The summed E-state index contributed by atoms with van der Waals surface area (Å²) in [4.78, 5) is 8.88. The van der Waals surface area contributed by atoms with Crippen LogP contribution in [0.25, 0.3) is 11.5 Å². The Balaban J connectivity index is 1.44. The van der Waals surface area contributed by atoms with Gasteiger partial charge in [0.2, 0.25) is 11.8 Å². The summed E-state index contributed by atoms with van der Waals surface area (Å²) in [6.45, 7) is 3.00. The molecule has 0 unspecified atom stereocenters. The Morgan fingerprint density at radius 2 is 1.55 bits per heavy atom. The zero-order valence-electron chi connectivity index (χ0n) is 16.9. The molecule has 0 amide bonds. The fourth-order valence-electron chi connectivity index (χ4n) is 3.98. The van der Waals surface area contributed by atoms with Gasteiger partial charge in [0.15, 0.2) is 0 Å². The molecule has 7 heteroatoms. The van der Waals surface area contributed by atoms with Gasteiger partial charge in [0.1, 0.15) is 17.7 Å². The largest absolute Gasteiger partial charge is 0.419 e. The molecule has 1 saturated heterocycles. The number of pyridine rings is 1. The van der Waals surface area contributed by atoms with Gasteiger partial charge in [-0.1, -0.05) is 42.5 Å². The second-order valence-corrected chi connectivity index (χ2v) is 7.45. The van der Waals surface area contributed by atoms with Gasteiger partial charge in [-0.15, -0.1) is 10.2 Å². The molecule has 0 saturated carbocycles. The topological polar surface area (TPSA) is 58.3 Å². The van der Waals surface area contributed by atoms with Crippen LogP contribution in [0.5, 0.6) is 0 Å². The minimum atomic E-state index is -0.447. The van der Waals surface area contributed by atoms with E-state index in [2.05, 4.69) is 25.0 Å². The maximum absolute atomic E-state index is 14.8. The molecule has 2 aromatic carbocycles. The minimum absolute atomic E-state index is 0.279. The Hall–Kier alpha value is -3.58. The second-order valence-electron chi connectivity index (χ2n) is 7.45. The van der Waals surface area contributed by atoms with E-state index >= 15 is 0 Å². The third kappa shape index (κ3) is 4.04. The summed E-state index contributed by atoms with van der Waals surface area (Å²) in [5.74, 6) is 1.51. The van der Waals surface area contributed by atoms with Crippen molar-refractivity contribution in [1.29, 1.82) is 0 Å². The van der Waals surface area contributed by atoms with Crippen LogP contribution in [-0.4, -0.2) is 46.3 Å². The second kappa shape index (κ2) is 8.65. The lowest BCUT2D eigenvalue weighted by Crippen LogP contribution is -2.48. The van der Waals surface area contributed by atoms with Gasteiger partial charge in [0.05, 0.1) is 0 Å². The highest BCUT2D eigenvalue weighted by Gasteiger charge is 2.32. The van der Waals surface area contributed by atoms with Crippen molar-refractivity contribution < 1.29 is 8.81 Å². The Morgan fingerprint density at radius 3 is 2.29 bits per heavy atom. The van der Waals surface area contributed by atoms with Gasteiger partial charge in [0, 0.05) is 43.5 Å². The predicted octanol–water partition coefficient (Wildman–Crippen LogP) is 4.18. The summed E-state index contributed by atoms with van der Waals surface area (Å²) in [5.41, 5.74) is 1.38. The van der Waals surface area contributed by atoms with Crippen molar-refractivity contribution in [3.63, 3.8) is 0 Å². The first kappa shape index (κ1) is 19.4. The molecule has 156 valence electrons. The maximum atomic E-state index is 14.8. The van der Waals surface area contributed by atoms with E-state index in [9.17, 15) is 4.39 Å². The van der Waals surface area contributed by atoms with Crippen LogP contribution < -0.4 is 4.90 Å². The average molecular weight is 415 g/mol. The SMILES string of the molecule is Fc1ccccc1[C@@H](c1nnc(-c2ccccc2)o1)N1CCN(c2ccccn2)CC1. The van der Waals surface area contributed by atoms with Crippen LogP contribution in [0.15, 0.2) is 83.4 Å². The number of benzene rings is 2. The highest BCUT2D eigenvalue weighted by Crippen LogP contribution is 2.32. The molecule has 31 heavy (non-hydrogen) atoms. The molecule has 1 atom stereocenters. The molecule has 2 aromatic heterocycles. The highest BCUT2D eigenvalue weighted by atomic mass is 19.1. The van der Waals surface area contributed by atoms with Crippen molar-refractivity contribution in [2.45, 2.75) is 6.04 Å². The predicted molar refractivity (Wildman–Crippen MR) is 116 cm³/mol. The summed E-state index contributed by atoms with van der Waals surface area (Å²) in [7, 11) is 0. The van der Waals surface area contributed by atoms with Crippen molar-refractivity contribution in [2.24, 2.45) is 0 Å². The van der Waals surface area contributed by atoms with Crippen LogP contribution in [0.1, 0.15) is 17.5 Å². The third-order valence-corrected chi connectivity index (χ3v) is 5.55. The number of hydrogen-bond acceptors (Lipinski definition) is 6. The Morgan fingerprint density at radius 1 is 0.806 bits per heavy atom. The Labute approximate surface area is 180 Å². The first-order chi connectivity index (χ1) is 15.3. The van der Waals surface area contributed by atoms with Gasteiger partial charge in [-0.05, 0) is 30.3 Å². The summed E-state index contributed by atoms with van der Waals surface area (Å²) in [5, 5.41) is 8.55. The highest BCUT2D eigenvalue weighted by molar-refractivity contribution is 5.52. The van der Waals surface area contributed by atoms with Crippen molar-refractivity contribution in [3.8, 4) is 11.5 Å². The van der Waals surface area contributed by atoms with Gasteiger partial charge >= 0.3 is 0 Å². The third-order valence-electron chi connectivity index (χ3n) is 5.55. The summed E-state index contributed by atoms with van der Waals surface area (Å²) >= 11 is 0. The van der Waals surface area contributed by atoms with Gasteiger partial charge < -0.3 is 9.32 Å². The summed E-state index contributed by atoms with van der Waals surface area (Å²) in [6.07, 6.45) is 1.80. The molecule has 1 aliphatic rings. The minimum Gasteiger partial charge on any atom is -0.419 e. The van der Waals surface area contributed by atoms with Crippen LogP contribution in [-0.2, 0) is 0 Å². The lowest BCUT2D eigenvalue weighted by molar-refractivity contribution is 0.184. The number of aromatic nitrogens is 3. The van der Waals surface area contributed by atoms with Crippen molar-refractivity contribution in [2.75, 3.05) is 31.1 Å². The van der Waals surface area contributed by atoms with E-state index in [-0.39, 0.29) is 5.82 Å². The van der Waals surface area contributed by atoms with Crippen LogP contribution in [0.4, 0.5) is 10.2 Å². The lowest BCUT2D eigenvalue weighted by Gasteiger charge is -2.38. The molecular formula is C24H22FN5O. The summed E-state index contributed by atoms with van der Waals surface area (Å²) < 4.78 is 20.9. The zero-order valence-corrected chi connectivity index (χ0v) is 16.9. The van der Waals surface area contributed by atoms with E-state index in [0.717, 1.165) is 37.6 Å². The normalized spacial score (nSPS) is 15.7. The number of halogens is 1. The smallest absolute Gasteiger partial charge is 0.247 e. The monoisotopic (exact) mass is 415 g/mol. The molecule has 6 nitrogen and oxygen atoms in total. The van der Waals surface area contributed by atoms with Crippen molar-refractivity contribution >= 4 is 5.82 Å². The van der Waals surface area contributed by atoms with Crippen molar-refractivity contribution in [3.05, 3.63) is 96.3 Å². The van der Waals surface area contributed by atoms with Crippen LogP contribution >= 0.6 is 0 Å². The number of rotatable bonds is 5. The molecule has 1 fully saturated rings. The van der Waals surface area contributed by atoms with E-state index in [1.54, 1.807) is 18.3 Å². The molecule has 4 aromatic rings. The molecule has 1 aliphatic heterocycles. The molecular weight excluding hydrogens is 393 g/mol. The number of hydrogen-bond donors (Lipinski definition) is 0.